The molecule has 0 amide bonds. The average molecular weight is 263 g/mol. The Balaban J connectivity index is 2.99. The van der Waals surface area contributed by atoms with Gasteiger partial charge in [0.05, 0.1) is 7.11 Å². The molecule has 3 heteroatoms. The Bertz CT molecular complexity index is 427. The SMILES string of the molecule is CCc1cc(C(CCC(C)=O)N(C)C)ccc1OC. The van der Waals surface area contributed by atoms with Crippen LogP contribution in [-0.4, -0.2) is 31.9 Å². The first kappa shape index (κ1) is 15.7. The second-order valence-electron chi connectivity index (χ2n) is 5.14. The zero-order chi connectivity index (χ0) is 14.4. The Labute approximate surface area is 116 Å². The number of ether oxygens (including phenoxy) is 1. The molecule has 1 aromatic rings. The van der Waals surface area contributed by atoms with Crippen LogP contribution in [0.15, 0.2) is 18.2 Å². The molecule has 0 aromatic heterocycles. The molecule has 1 atom stereocenters. The molecule has 1 rings (SSSR count). The van der Waals surface area contributed by atoms with E-state index < -0.39 is 0 Å². The quantitative estimate of drug-likeness (QED) is 0.756. The number of methoxy groups -OCH3 is 1. The van der Waals surface area contributed by atoms with Crippen LogP contribution >= 0.6 is 0 Å². The van der Waals surface area contributed by atoms with Crippen molar-refractivity contribution in [2.75, 3.05) is 21.2 Å². The second kappa shape index (κ2) is 7.29. The Kier molecular flexibility index (Phi) is 6.03. The van der Waals surface area contributed by atoms with E-state index in [0.717, 1.165) is 18.6 Å². The van der Waals surface area contributed by atoms with Gasteiger partial charge in [0.15, 0.2) is 0 Å². The molecular weight excluding hydrogens is 238 g/mol. The maximum atomic E-state index is 11.2. The largest absolute Gasteiger partial charge is 0.496 e. The van der Waals surface area contributed by atoms with Crippen molar-refractivity contribution in [3.63, 3.8) is 0 Å². The van der Waals surface area contributed by atoms with Gasteiger partial charge < -0.3 is 14.4 Å². The fourth-order valence-corrected chi connectivity index (χ4v) is 2.35. The third-order valence-corrected chi connectivity index (χ3v) is 3.46. The summed E-state index contributed by atoms with van der Waals surface area (Å²) < 4.78 is 5.36. The molecule has 0 heterocycles. The molecule has 0 saturated heterocycles. The van der Waals surface area contributed by atoms with Crippen LogP contribution in [0.4, 0.5) is 0 Å². The molecule has 106 valence electrons. The monoisotopic (exact) mass is 263 g/mol. The average Bonchev–Trinajstić information content (AvgIpc) is 2.37. The minimum absolute atomic E-state index is 0.246. The number of hydrogen-bond donors (Lipinski definition) is 0. The number of carbonyl (C=O) groups excluding carboxylic acids is 1. The minimum Gasteiger partial charge on any atom is -0.496 e. The second-order valence-corrected chi connectivity index (χ2v) is 5.14. The number of ketones is 1. The summed E-state index contributed by atoms with van der Waals surface area (Å²) in [5.41, 5.74) is 2.47. The number of carbonyl (C=O) groups is 1. The van der Waals surface area contributed by atoms with E-state index in [4.69, 9.17) is 4.74 Å². The number of Topliss-reactive ketones (excluding diaryl/α,β-unsaturated/α-hetero) is 1. The summed E-state index contributed by atoms with van der Waals surface area (Å²) in [5.74, 6) is 1.19. The fraction of sp³-hybridized carbons (Fsp3) is 0.562. The molecule has 0 radical (unpaired) electrons. The summed E-state index contributed by atoms with van der Waals surface area (Å²) >= 11 is 0. The van der Waals surface area contributed by atoms with Gasteiger partial charge in [0.25, 0.3) is 0 Å². The van der Waals surface area contributed by atoms with Crippen molar-refractivity contribution in [1.29, 1.82) is 0 Å². The molecule has 0 fully saturated rings. The van der Waals surface area contributed by atoms with Crippen molar-refractivity contribution in [3.05, 3.63) is 29.3 Å². The van der Waals surface area contributed by atoms with E-state index in [-0.39, 0.29) is 11.8 Å². The summed E-state index contributed by atoms with van der Waals surface area (Å²) in [4.78, 5) is 13.4. The van der Waals surface area contributed by atoms with Crippen LogP contribution in [0.1, 0.15) is 43.9 Å². The third-order valence-electron chi connectivity index (χ3n) is 3.46. The molecular formula is C16H25NO2. The zero-order valence-corrected chi connectivity index (χ0v) is 12.7. The maximum absolute atomic E-state index is 11.2. The van der Waals surface area contributed by atoms with Gasteiger partial charge in [-0.3, -0.25) is 0 Å². The van der Waals surface area contributed by atoms with Gasteiger partial charge in [-0.1, -0.05) is 19.1 Å². The highest BCUT2D eigenvalue weighted by Crippen LogP contribution is 2.28. The molecule has 0 aliphatic rings. The van der Waals surface area contributed by atoms with Crippen LogP contribution in [0, 0.1) is 0 Å². The minimum atomic E-state index is 0.246. The molecule has 0 aliphatic heterocycles. The van der Waals surface area contributed by atoms with Crippen molar-refractivity contribution in [1.82, 2.24) is 4.90 Å². The predicted octanol–water partition coefficient (Wildman–Crippen LogP) is 3.23. The van der Waals surface area contributed by atoms with Gasteiger partial charge in [0, 0.05) is 12.5 Å². The van der Waals surface area contributed by atoms with E-state index in [2.05, 4.69) is 38.1 Å². The van der Waals surface area contributed by atoms with Gasteiger partial charge in [-0.25, -0.2) is 0 Å². The molecule has 3 nitrogen and oxygen atoms in total. The van der Waals surface area contributed by atoms with Crippen LogP contribution in [0.3, 0.4) is 0 Å². The van der Waals surface area contributed by atoms with Gasteiger partial charge >= 0.3 is 0 Å². The highest BCUT2D eigenvalue weighted by molar-refractivity contribution is 5.75. The standard InChI is InChI=1S/C16H25NO2/c1-6-13-11-14(8-10-16(13)19-5)15(17(3)4)9-7-12(2)18/h8,10-11,15H,6-7,9H2,1-5H3. The van der Waals surface area contributed by atoms with E-state index >= 15 is 0 Å². The van der Waals surface area contributed by atoms with Gasteiger partial charge in [0.2, 0.25) is 0 Å². The van der Waals surface area contributed by atoms with Gasteiger partial charge in [0.1, 0.15) is 11.5 Å². The topological polar surface area (TPSA) is 29.5 Å². The lowest BCUT2D eigenvalue weighted by Crippen LogP contribution is -2.20. The molecule has 1 unspecified atom stereocenters. The number of hydrogen-bond acceptors (Lipinski definition) is 3. The third kappa shape index (κ3) is 4.35. The molecule has 0 aliphatic carbocycles. The molecule has 19 heavy (non-hydrogen) atoms. The van der Waals surface area contributed by atoms with Crippen LogP contribution in [-0.2, 0) is 11.2 Å². The first-order valence-electron chi connectivity index (χ1n) is 6.82. The number of nitrogens with zero attached hydrogens (tertiary/aromatic N) is 1. The van der Waals surface area contributed by atoms with Crippen molar-refractivity contribution < 1.29 is 9.53 Å². The summed E-state index contributed by atoms with van der Waals surface area (Å²) in [5, 5.41) is 0. The highest BCUT2D eigenvalue weighted by Gasteiger charge is 2.16. The smallest absolute Gasteiger partial charge is 0.129 e. The Morgan fingerprint density at radius 3 is 2.53 bits per heavy atom. The van der Waals surface area contributed by atoms with E-state index in [1.807, 2.05) is 6.07 Å². The van der Waals surface area contributed by atoms with E-state index in [1.54, 1.807) is 14.0 Å². The van der Waals surface area contributed by atoms with Crippen LogP contribution in [0.2, 0.25) is 0 Å². The number of aryl methyl sites for hydroxylation is 1. The summed E-state index contributed by atoms with van der Waals surface area (Å²) in [7, 11) is 5.81. The van der Waals surface area contributed by atoms with Crippen molar-refractivity contribution in [2.45, 2.75) is 39.2 Å². The predicted molar refractivity (Wildman–Crippen MR) is 78.7 cm³/mol. The van der Waals surface area contributed by atoms with Gasteiger partial charge in [-0.15, -0.1) is 0 Å². The summed E-state index contributed by atoms with van der Waals surface area (Å²) in [6.07, 6.45) is 2.43. The van der Waals surface area contributed by atoms with Crippen molar-refractivity contribution in [3.8, 4) is 5.75 Å². The van der Waals surface area contributed by atoms with Crippen LogP contribution < -0.4 is 4.74 Å². The summed E-state index contributed by atoms with van der Waals surface area (Å²) in [6, 6.07) is 6.60. The van der Waals surface area contributed by atoms with Crippen LogP contribution in [0.5, 0.6) is 5.75 Å². The van der Waals surface area contributed by atoms with E-state index in [1.165, 1.54) is 11.1 Å². The normalized spacial score (nSPS) is 12.5. The lowest BCUT2D eigenvalue weighted by Gasteiger charge is -2.25. The lowest BCUT2D eigenvalue weighted by atomic mass is 9.97. The Morgan fingerprint density at radius 2 is 2.05 bits per heavy atom. The first-order valence-corrected chi connectivity index (χ1v) is 6.82. The summed E-state index contributed by atoms with van der Waals surface area (Å²) in [6.45, 7) is 3.78. The maximum Gasteiger partial charge on any atom is 0.129 e. The van der Waals surface area contributed by atoms with Crippen LogP contribution in [0.25, 0.3) is 0 Å². The Hall–Kier alpha value is -1.35. The van der Waals surface area contributed by atoms with Crippen molar-refractivity contribution in [2.24, 2.45) is 0 Å². The number of rotatable bonds is 7. The molecule has 0 bridgehead atoms. The fourth-order valence-electron chi connectivity index (χ4n) is 2.35. The Morgan fingerprint density at radius 1 is 1.37 bits per heavy atom. The van der Waals surface area contributed by atoms with Crippen molar-refractivity contribution >= 4 is 5.78 Å². The van der Waals surface area contributed by atoms with E-state index in [0.29, 0.717) is 6.42 Å². The molecule has 0 spiro atoms. The molecule has 0 N–H and O–H groups in total. The molecule has 0 saturated carbocycles. The first-order chi connectivity index (χ1) is 8.99. The number of benzene rings is 1. The molecule has 1 aromatic carbocycles. The van der Waals surface area contributed by atoms with Gasteiger partial charge in [-0.2, -0.15) is 0 Å². The lowest BCUT2D eigenvalue weighted by molar-refractivity contribution is -0.117. The van der Waals surface area contributed by atoms with Gasteiger partial charge in [-0.05, 0) is 51.1 Å². The zero-order valence-electron chi connectivity index (χ0n) is 12.7. The highest BCUT2D eigenvalue weighted by atomic mass is 16.5. The van der Waals surface area contributed by atoms with E-state index in [9.17, 15) is 4.79 Å².